The van der Waals surface area contributed by atoms with Crippen LogP contribution in [0.4, 0.5) is 5.69 Å². The maximum atomic E-state index is 12.4. The van der Waals surface area contributed by atoms with Gasteiger partial charge < -0.3 is 14.8 Å². The SMILES string of the molecule is COc1ccc(Oc2ccc(NC(=O)c3nc(C)n(-c4ncn[nH]4)n3)cn2)cc1. The maximum absolute atomic E-state index is 12.4. The zero-order valence-electron chi connectivity index (χ0n) is 15.5. The number of carbonyl (C=O) groups excluding carboxylic acids is 1. The second kappa shape index (κ2) is 7.76. The number of rotatable bonds is 6. The Balaban J connectivity index is 1.42. The molecule has 0 aliphatic heterocycles. The molecular formula is C18H16N8O3. The molecule has 0 spiro atoms. The van der Waals surface area contributed by atoms with Crippen LogP contribution < -0.4 is 14.8 Å². The van der Waals surface area contributed by atoms with E-state index in [0.29, 0.717) is 29.1 Å². The third kappa shape index (κ3) is 4.03. The number of nitrogens with one attached hydrogen (secondary N) is 2. The summed E-state index contributed by atoms with van der Waals surface area (Å²) in [5.74, 6) is 2.13. The number of anilines is 1. The van der Waals surface area contributed by atoms with Gasteiger partial charge in [-0.2, -0.15) is 14.8 Å². The average molecular weight is 392 g/mol. The molecule has 11 heteroatoms. The Bertz CT molecular complexity index is 1110. The quantitative estimate of drug-likeness (QED) is 0.510. The Hall–Kier alpha value is -4.28. The second-order valence-electron chi connectivity index (χ2n) is 5.82. The largest absolute Gasteiger partial charge is 0.497 e. The van der Waals surface area contributed by atoms with Crippen molar-refractivity contribution in [1.29, 1.82) is 0 Å². The Morgan fingerprint density at radius 3 is 2.55 bits per heavy atom. The highest BCUT2D eigenvalue weighted by molar-refractivity contribution is 6.01. The van der Waals surface area contributed by atoms with Gasteiger partial charge in [-0.3, -0.25) is 4.79 Å². The van der Waals surface area contributed by atoms with E-state index in [9.17, 15) is 4.79 Å². The number of methoxy groups -OCH3 is 1. The molecule has 3 aromatic heterocycles. The first-order chi connectivity index (χ1) is 14.1. The minimum Gasteiger partial charge on any atom is -0.497 e. The Labute approximate surface area is 164 Å². The van der Waals surface area contributed by atoms with Gasteiger partial charge >= 0.3 is 0 Å². The maximum Gasteiger partial charge on any atom is 0.295 e. The molecule has 4 aromatic rings. The lowest BCUT2D eigenvalue weighted by Crippen LogP contribution is -2.14. The molecule has 0 aliphatic rings. The van der Waals surface area contributed by atoms with Gasteiger partial charge in [0.25, 0.3) is 5.91 Å². The van der Waals surface area contributed by atoms with E-state index in [1.165, 1.54) is 17.2 Å². The smallest absolute Gasteiger partial charge is 0.295 e. The van der Waals surface area contributed by atoms with Crippen molar-refractivity contribution in [3.63, 3.8) is 0 Å². The minimum atomic E-state index is -0.475. The highest BCUT2D eigenvalue weighted by atomic mass is 16.5. The molecule has 0 saturated carbocycles. The van der Waals surface area contributed by atoms with Gasteiger partial charge in [0.15, 0.2) is 0 Å². The van der Waals surface area contributed by atoms with Crippen LogP contribution in [0.5, 0.6) is 17.4 Å². The fourth-order valence-corrected chi connectivity index (χ4v) is 2.45. The number of aromatic nitrogens is 7. The lowest BCUT2D eigenvalue weighted by atomic mass is 10.3. The molecule has 0 radical (unpaired) electrons. The number of hydrogen-bond acceptors (Lipinski definition) is 8. The highest BCUT2D eigenvalue weighted by Crippen LogP contribution is 2.23. The van der Waals surface area contributed by atoms with Crippen molar-refractivity contribution in [2.45, 2.75) is 6.92 Å². The molecule has 0 bridgehead atoms. The van der Waals surface area contributed by atoms with Crippen molar-refractivity contribution in [3.05, 3.63) is 60.6 Å². The Morgan fingerprint density at radius 1 is 1.10 bits per heavy atom. The normalized spacial score (nSPS) is 10.6. The Morgan fingerprint density at radius 2 is 1.90 bits per heavy atom. The van der Waals surface area contributed by atoms with Crippen molar-refractivity contribution in [2.24, 2.45) is 0 Å². The third-order valence-electron chi connectivity index (χ3n) is 3.85. The van der Waals surface area contributed by atoms with Crippen LogP contribution in [-0.2, 0) is 0 Å². The molecule has 2 N–H and O–H groups in total. The molecule has 3 heterocycles. The Kier molecular flexibility index (Phi) is 4.84. The van der Waals surface area contributed by atoms with Gasteiger partial charge in [-0.25, -0.2) is 15.1 Å². The summed E-state index contributed by atoms with van der Waals surface area (Å²) in [6.07, 6.45) is 2.83. The van der Waals surface area contributed by atoms with Crippen LogP contribution in [-0.4, -0.2) is 47.9 Å². The zero-order valence-corrected chi connectivity index (χ0v) is 15.5. The van der Waals surface area contributed by atoms with Crippen LogP contribution in [0.3, 0.4) is 0 Å². The van der Waals surface area contributed by atoms with Gasteiger partial charge in [0, 0.05) is 6.07 Å². The molecule has 0 fully saturated rings. The van der Waals surface area contributed by atoms with E-state index >= 15 is 0 Å². The summed E-state index contributed by atoms with van der Waals surface area (Å²) in [6.45, 7) is 1.71. The van der Waals surface area contributed by atoms with Gasteiger partial charge in [-0.1, -0.05) is 0 Å². The van der Waals surface area contributed by atoms with Gasteiger partial charge in [0.05, 0.1) is 19.0 Å². The molecule has 146 valence electrons. The average Bonchev–Trinajstić information content (AvgIpc) is 3.39. The van der Waals surface area contributed by atoms with Gasteiger partial charge in [-0.05, 0) is 37.3 Å². The van der Waals surface area contributed by atoms with E-state index in [1.807, 2.05) is 0 Å². The summed E-state index contributed by atoms with van der Waals surface area (Å²) < 4.78 is 12.2. The molecule has 1 amide bonds. The van der Waals surface area contributed by atoms with E-state index in [-0.39, 0.29) is 5.82 Å². The van der Waals surface area contributed by atoms with Crippen LogP contribution in [0.15, 0.2) is 48.9 Å². The summed E-state index contributed by atoms with van der Waals surface area (Å²) in [6, 6.07) is 10.4. The number of nitrogens with zero attached hydrogens (tertiary/aromatic N) is 6. The molecule has 0 aliphatic carbocycles. The summed E-state index contributed by atoms with van der Waals surface area (Å²) in [7, 11) is 1.60. The van der Waals surface area contributed by atoms with Crippen molar-refractivity contribution in [1.82, 2.24) is 34.9 Å². The van der Waals surface area contributed by atoms with E-state index in [4.69, 9.17) is 9.47 Å². The summed E-state index contributed by atoms with van der Waals surface area (Å²) in [4.78, 5) is 24.7. The number of aryl methyl sites for hydroxylation is 1. The molecular weight excluding hydrogens is 376 g/mol. The summed E-state index contributed by atoms with van der Waals surface area (Å²) >= 11 is 0. The van der Waals surface area contributed by atoms with Crippen LogP contribution in [0, 0.1) is 6.92 Å². The molecule has 4 rings (SSSR count). The van der Waals surface area contributed by atoms with Crippen molar-refractivity contribution in [2.75, 3.05) is 12.4 Å². The third-order valence-corrected chi connectivity index (χ3v) is 3.85. The predicted molar refractivity (Wildman–Crippen MR) is 101 cm³/mol. The topological polar surface area (TPSA) is 133 Å². The van der Waals surface area contributed by atoms with E-state index in [1.54, 1.807) is 50.4 Å². The first kappa shape index (κ1) is 18.1. The molecule has 11 nitrogen and oxygen atoms in total. The molecule has 1 aromatic carbocycles. The number of ether oxygens (including phenoxy) is 2. The van der Waals surface area contributed by atoms with Crippen LogP contribution >= 0.6 is 0 Å². The highest BCUT2D eigenvalue weighted by Gasteiger charge is 2.16. The fourth-order valence-electron chi connectivity index (χ4n) is 2.45. The summed E-state index contributed by atoms with van der Waals surface area (Å²) in [5.41, 5.74) is 0.478. The van der Waals surface area contributed by atoms with Crippen LogP contribution in [0.1, 0.15) is 16.4 Å². The van der Waals surface area contributed by atoms with Gasteiger partial charge in [0.1, 0.15) is 23.7 Å². The number of hydrogen-bond donors (Lipinski definition) is 2. The summed E-state index contributed by atoms with van der Waals surface area (Å²) in [5, 5.41) is 13.3. The second-order valence-corrected chi connectivity index (χ2v) is 5.82. The monoisotopic (exact) mass is 392 g/mol. The minimum absolute atomic E-state index is 0.00235. The van der Waals surface area contributed by atoms with Gasteiger partial charge in [-0.15, -0.1) is 5.10 Å². The molecule has 0 unspecified atom stereocenters. The molecule has 29 heavy (non-hydrogen) atoms. The zero-order chi connectivity index (χ0) is 20.2. The lowest BCUT2D eigenvalue weighted by Gasteiger charge is -2.07. The number of benzene rings is 1. The van der Waals surface area contributed by atoms with E-state index in [0.717, 1.165) is 5.75 Å². The number of aromatic amines is 1. The van der Waals surface area contributed by atoms with Crippen molar-refractivity contribution in [3.8, 4) is 23.3 Å². The van der Waals surface area contributed by atoms with Crippen LogP contribution in [0.2, 0.25) is 0 Å². The standard InChI is InChI=1S/C18H16N8O3/c1-11-22-16(25-26(11)18-20-10-21-24-18)17(27)23-12-3-8-15(19-9-12)29-14-6-4-13(28-2)5-7-14/h3-10H,1-2H3,(H,23,27)(H,20,21,24). The van der Waals surface area contributed by atoms with Crippen molar-refractivity contribution >= 4 is 11.6 Å². The predicted octanol–water partition coefficient (Wildman–Crippen LogP) is 2.14. The number of pyridine rings is 1. The molecule has 0 atom stereocenters. The molecule has 0 saturated heterocycles. The first-order valence-corrected chi connectivity index (χ1v) is 8.51. The fraction of sp³-hybridized carbons (Fsp3) is 0.111. The van der Waals surface area contributed by atoms with Crippen molar-refractivity contribution < 1.29 is 14.3 Å². The van der Waals surface area contributed by atoms with Gasteiger partial charge in [0.2, 0.25) is 17.7 Å². The lowest BCUT2D eigenvalue weighted by molar-refractivity contribution is 0.101. The number of carbonyl (C=O) groups is 1. The van der Waals surface area contributed by atoms with Crippen LogP contribution in [0.25, 0.3) is 5.95 Å². The number of H-pyrrole nitrogens is 1. The van der Waals surface area contributed by atoms with E-state index in [2.05, 4.69) is 35.6 Å². The first-order valence-electron chi connectivity index (χ1n) is 8.51. The van der Waals surface area contributed by atoms with E-state index < -0.39 is 5.91 Å². The number of amides is 1.